The minimum Gasteiger partial charge on any atom is -0.444 e. The van der Waals surface area contributed by atoms with E-state index in [1.807, 2.05) is 0 Å². The van der Waals surface area contributed by atoms with E-state index < -0.39 is 10.0 Å². The number of nitrogens with zero attached hydrogens (tertiary/aromatic N) is 1. The standard InChI is InChI=1S/C15H11ClN2O3S/c16-13-3-1-2-4-15(13)22(19,20)18-12-7-5-11(6-8-12)14-9-17-10-21-14/h1-10,18H. The molecule has 112 valence electrons. The summed E-state index contributed by atoms with van der Waals surface area (Å²) in [6.45, 7) is 0. The fraction of sp³-hybridized carbons (Fsp3) is 0. The molecule has 0 aliphatic carbocycles. The van der Waals surface area contributed by atoms with Crippen LogP contribution in [-0.4, -0.2) is 13.4 Å². The molecule has 0 saturated carbocycles. The van der Waals surface area contributed by atoms with Crippen LogP contribution in [0.3, 0.4) is 0 Å². The highest BCUT2D eigenvalue weighted by Crippen LogP contribution is 2.25. The van der Waals surface area contributed by atoms with Gasteiger partial charge in [0, 0.05) is 11.3 Å². The predicted octanol–water partition coefficient (Wildman–Crippen LogP) is 3.80. The second-order valence-corrected chi connectivity index (χ2v) is 6.54. The molecular weight excluding hydrogens is 324 g/mol. The Kier molecular flexibility index (Phi) is 3.87. The van der Waals surface area contributed by atoms with Crippen molar-refractivity contribution in [3.8, 4) is 11.3 Å². The van der Waals surface area contributed by atoms with Crippen molar-refractivity contribution in [2.45, 2.75) is 4.90 Å². The molecule has 1 N–H and O–H groups in total. The maximum absolute atomic E-state index is 12.3. The molecule has 2 aromatic carbocycles. The third kappa shape index (κ3) is 2.98. The van der Waals surface area contributed by atoms with Crippen molar-refractivity contribution in [1.29, 1.82) is 0 Å². The number of aromatic nitrogens is 1. The monoisotopic (exact) mass is 334 g/mol. The zero-order valence-corrected chi connectivity index (χ0v) is 12.8. The van der Waals surface area contributed by atoms with Crippen LogP contribution in [0.25, 0.3) is 11.3 Å². The average molecular weight is 335 g/mol. The molecule has 1 aromatic heterocycles. The summed E-state index contributed by atoms with van der Waals surface area (Å²) in [5, 5.41) is 0.174. The van der Waals surface area contributed by atoms with Gasteiger partial charge in [0.1, 0.15) is 4.90 Å². The summed E-state index contributed by atoms with van der Waals surface area (Å²) in [7, 11) is -3.73. The van der Waals surface area contributed by atoms with Crippen LogP contribution in [0.2, 0.25) is 5.02 Å². The maximum atomic E-state index is 12.3. The number of hydrogen-bond donors (Lipinski definition) is 1. The van der Waals surface area contributed by atoms with Gasteiger partial charge < -0.3 is 4.42 Å². The molecule has 0 radical (unpaired) electrons. The van der Waals surface area contributed by atoms with Crippen molar-refractivity contribution >= 4 is 27.3 Å². The number of benzene rings is 2. The van der Waals surface area contributed by atoms with Gasteiger partial charge in [-0.25, -0.2) is 13.4 Å². The van der Waals surface area contributed by atoms with Crippen molar-refractivity contribution in [3.63, 3.8) is 0 Å². The third-order valence-electron chi connectivity index (χ3n) is 2.98. The maximum Gasteiger partial charge on any atom is 0.263 e. The van der Waals surface area contributed by atoms with Crippen molar-refractivity contribution < 1.29 is 12.8 Å². The van der Waals surface area contributed by atoms with Gasteiger partial charge in [-0.05, 0) is 36.4 Å². The Labute approximate surface area is 132 Å². The minimum absolute atomic E-state index is 0.0379. The van der Waals surface area contributed by atoms with E-state index in [1.54, 1.807) is 42.6 Å². The number of oxazole rings is 1. The summed E-state index contributed by atoms with van der Waals surface area (Å²) in [6, 6.07) is 13.0. The highest BCUT2D eigenvalue weighted by atomic mass is 35.5. The van der Waals surface area contributed by atoms with Gasteiger partial charge in [0.05, 0.1) is 11.2 Å². The summed E-state index contributed by atoms with van der Waals surface area (Å²) in [6.07, 6.45) is 2.92. The SMILES string of the molecule is O=S(=O)(Nc1ccc(-c2cnco2)cc1)c1ccccc1Cl. The fourth-order valence-electron chi connectivity index (χ4n) is 1.93. The third-order valence-corrected chi connectivity index (χ3v) is 4.86. The normalized spacial score (nSPS) is 11.3. The molecule has 5 nitrogen and oxygen atoms in total. The molecule has 3 rings (SSSR count). The summed E-state index contributed by atoms with van der Waals surface area (Å²) in [5.74, 6) is 0.612. The van der Waals surface area contributed by atoms with Gasteiger partial charge in [-0.2, -0.15) is 0 Å². The molecule has 0 aliphatic heterocycles. The van der Waals surface area contributed by atoms with Gasteiger partial charge in [0.25, 0.3) is 10.0 Å². The van der Waals surface area contributed by atoms with Crippen molar-refractivity contribution in [1.82, 2.24) is 4.98 Å². The van der Waals surface area contributed by atoms with Gasteiger partial charge in [0.2, 0.25) is 0 Å². The Morgan fingerprint density at radius 2 is 1.77 bits per heavy atom. The van der Waals surface area contributed by atoms with Crippen LogP contribution in [0, 0.1) is 0 Å². The van der Waals surface area contributed by atoms with E-state index in [9.17, 15) is 8.42 Å². The van der Waals surface area contributed by atoms with Crippen molar-refractivity contribution in [3.05, 3.63) is 66.1 Å². The van der Waals surface area contributed by atoms with Gasteiger partial charge in [-0.3, -0.25) is 4.72 Å². The Morgan fingerprint density at radius 1 is 1.05 bits per heavy atom. The summed E-state index contributed by atoms with van der Waals surface area (Å²) in [4.78, 5) is 3.87. The number of sulfonamides is 1. The minimum atomic E-state index is -3.73. The lowest BCUT2D eigenvalue weighted by atomic mass is 10.2. The number of anilines is 1. The van der Waals surface area contributed by atoms with E-state index in [0.29, 0.717) is 11.4 Å². The van der Waals surface area contributed by atoms with Crippen LogP contribution in [0.1, 0.15) is 0 Å². The highest BCUT2D eigenvalue weighted by Gasteiger charge is 2.17. The largest absolute Gasteiger partial charge is 0.444 e. The molecule has 22 heavy (non-hydrogen) atoms. The van der Waals surface area contributed by atoms with Crippen LogP contribution in [0.5, 0.6) is 0 Å². The first-order valence-corrected chi connectivity index (χ1v) is 8.19. The van der Waals surface area contributed by atoms with E-state index in [-0.39, 0.29) is 9.92 Å². The number of hydrogen-bond acceptors (Lipinski definition) is 4. The van der Waals surface area contributed by atoms with E-state index in [4.69, 9.17) is 16.0 Å². The zero-order valence-electron chi connectivity index (χ0n) is 11.2. The second-order valence-electron chi connectivity index (χ2n) is 4.48. The van der Waals surface area contributed by atoms with Crippen LogP contribution in [0.15, 0.2) is 70.4 Å². The molecule has 1 heterocycles. The molecule has 0 spiro atoms. The van der Waals surface area contributed by atoms with Crippen LogP contribution < -0.4 is 4.72 Å². The number of halogens is 1. The molecule has 0 aliphatic rings. The fourth-order valence-corrected chi connectivity index (χ4v) is 3.51. The molecule has 0 atom stereocenters. The molecule has 0 amide bonds. The highest BCUT2D eigenvalue weighted by molar-refractivity contribution is 7.92. The summed E-state index contributed by atoms with van der Waals surface area (Å²) < 4.78 is 32.3. The van der Waals surface area contributed by atoms with Gasteiger partial charge in [-0.15, -0.1) is 0 Å². The first kappa shape index (κ1) is 14.6. The summed E-state index contributed by atoms with van der Waals surface area (Å²) in [5.41, 5.74) is 1.24. The Balaban J connectivity index is 1.86. The van der Waals surface area contributed by atoms with Crippen LogP contribution in [0.4, 0.5) is 5.69 Å². The van der Waals surface area contributed by atoms with Gasteiger partial charge in [-0.1, -0.05) is 23.7 Å². The van der Waals surface area contributed by atoms with E-state index in [1.165, 1.54) is 18.5 Å². The average Bonchev–Trinajstić information content (AvgIpc) is 3.02. The predicted molar refractivity (Wildman–Crippen MR) is 84.2 cm³/mol. The van der Waals surface area contributed by atoms with E-state index >= 15 is 0 Å². The van der Waals surface area contributed by atoms with E-state index in [2.05, 4.69) is 9.71 Å². The lowest BCUT2D eigenvalue weighted by Crippen LogP contribution is -2.13. The second kappa shape index (κ2) is 5.82. The topological polar surface area (TPSA) is 72.2 Å². The lowest BCUT2D eigenvalue weighted by Gasteiger charge is -2.09. The quantitative estimate of drug-likeness (QED) is 0.787. The first-order chi connectivity index (χ1) is 10.6. The Bertz CT molecular complexity index is 875. The zero-order chi connectivity index (χ0) is 15.6. The Hall–Kier alpha value is -2.31. The molecule has 0 fully saturated rings. The first-order valence-electron chi connectivity index (χ1n) is 6.32. The number of nitrogens with one attached hydrogen (secondary N) is 1. The molecule has 0 saturated heterocycles. The van der Waals surface area contributed by atoms with E-state index in [0.717, 1.165) is 5.56 Å². The lowest BCUT2D eigenvalue weighted by molar-refractivity contribution is 0.572. The number of rotatable bonds is 4. The smallest absolute Gasteiger partial charge is 0.263 e. The molecule has 7 heteroatoms. The van der Waals surface area contributed by atoms with Crippen molar-refractivity contribution in [2.24, 2.45) is 0 Å². The molecular formula is C15H11ClN2O3S. The van der Waals surface area contributed by atoms with Gasteiger partial charge in [0.15, 0.2) is 12.2 Å². The summed E-state index contributed by atoms with van der Waals surface area (Å²) >= 11 is 5.93. The van der Waals surface area contributed by atoms with Gasteiger partial charge >= 0.3 is 0 Å². The molecule has 3 aromatic rings. The molecule has 0 bridgehead atoms. The molecule has 0 unspecified atom stereocenters. The Morgan fingerprint density at radius 3 is 2.41 bits per heavy atom. The van der Waals surface area contributed by atoms with Crippen LogP contribution in [-0.2, 0) is 10.0 Å². The van der Waals surface area contributed by atoms with Crippen molar-refractivity contribution in [2.75, 3.05) is 4.72 Å². The van der Waals surface area contributed by atoms with Crippen LogP contribution >= 0.6 is 11.6 Å².